The average Bonchev–Trinajstić information content (AvgIpc) is 2.36. The van der Waals surface area contributed by atoms with Crippen LogP contribution < -0.4 is 10.6 Å². The van der Waals surface area contributed by atoms with Crippen LogP contribution in [-0.2, 0) is 14.3 Å². The molecular formula is C11H20N2O3S. The number of ether oxygens (including phenoxy) is 1. The van der Waals surface area contributed by atoms with Crippen molar-refractivity contribution >= 4 is 23.6 Å². The van der Waals surface area contributed by atoms with E-state index in [1.54, 1.807) is 18.7 Å². The van der Waals surface area contributed by atoms with Crippen LogP contribution in [0, 0.1) is 0 Å². The van der Waals surface area contributed by atoms with Gasteiger partial charge in [-0.25, -0.2) is 4.79 Å². The quantitative estimate of drug-likeness (QED) is 0.689. The predicted molar refractivity (Wildman–Crippen MR) is 68.0 cm³/mol. The number of carbonyl (C=O) groups excluding carboxylic acids is 2. The van der Waals surface area contributed by atoms with E-state index in [-0.39, 0.29) is 5.91 Å². The van der Waals surface area contributed by atoms with Crippen LogP contribution in [0.25, 0.3) is 0 Å². The van der Waals surface area contributed by atoms with E-state index in [1.807, 2.05) is 0 Å². The highest BCUT2D eigenvalue weighted by molar-refractivity contribution is 8.00. The van der Waals surface area contributed by atoms with Gasteiger partial charge in [0.2, 0.25) is 5.91 Å². The third-order valence-corrected chi connectivity index (χ3v) is 4.04. The Kier molecular flexibility index (Phi) is 6.36. The van der Waals surface area contributed by atoms with Crippen LogP contribution in [-0.4, -0.2) is 49.1 Å². The second kappa shape index (κ2) is 7.55. The molecule has 2 N–H and O–H groups in total. The molecule has 17 heavy (non-hydrogen) atoms. The lowest BCUT2D eigenvalue weighted by atomic mass is 10.2. The van der Waals surface area contributed by atoms with E-state index in [1.165, 1.54) is 7.11 Å². The molecule has 1 amide bonds. The second-order valence-corrected chi connectivity index (χ2v) is 5.36. The van der Waals surface area contributed by atoms with Gasteiger partial charge in [0.05, 0.1) is 12.9 Å². The molecule has 98 valence electrons. The van der Waals surface area contributed by atoms with Crippen molar-refractivity contribution in [3.63, 3.8) is 0 Å². The highest BCUT2D eigenvalue weighted by Gasteiger charge is 2.18. The largest absolute Gasteiger partial charge is 0.467 e. The van der Waals surface area contributed by atoms with Gasteiger partial charge in [-0.1, -0.05) is 0 Å². The van der Waals surface area contributed by atoms with Gasteiger partial charge in [-0.3, -0.25) is 4.79 Å². The SMILES string of the molecule is COC(=O)[C@H](C)NC(=O)CSC1CCNCC1. The highest BCUT2D eigenvalue weighted by atomic mass is 32.2. The Morgan fingerprint density at radius 1 is 1.47 bits per heavy atom. The molecular weight excluding hydrogens is 240 g/mol. The van der Waals surface area contributed by atoms with E-state index in [9.17, 15) is 9.59 Å². The molecule has 1 aliphatic heterocycles. The van der Waals surface area contributed by atoms with Gasteiger partial charge in [-0.15, -0.1) is 11.8 Å². The summed E-state index contributed by atoms with van der Waals surface area (Å²) in [6.45, 7) is 3.68. The number of methoxy groups -OCH3 is 1. The molecule has 1 heterocycles. The highest BCUT2D eigenvalue weighted by Crippen LogP contribution is 2.19. The van der Waals surface area contributed by atoms with E-state index in [2.05, 4.69) is 15.4 Å². The molecule has 0 bridgehead atoms. The lowest BCUT2D eigenvalue weighted by molar-refractivity contribution is -0.144. The summed E-state index contributed by atoms with van der Waals surface area (Å²) < 4.78 is 4.54. The summed E-state index contributed by atoms with van der Waals surface area (Å²) in [4.78, 5) is 22.7. The molecule has 0 aromatic rings. The summed E-state index contributed by atoms with van der Waals surface area (Å²) >= 11 is 1.66. The minimum atomic E-state index is -0.568. The van der Waals surface area contributed by atoms with E-state index in [4.69, 9.17) is 0 Å². The number of nitrogens with one attached hydrogen (secondary N) is 2. The van der Waals surface area contributed by atoms with Gasteiger partial charge in [-0.2, -0.15) is 0 Å². The third kappa shape index (κ3) is 5.41. The van der Waals surface area contributed by atoms with Gasteiger partial charge >= 0.3 is 5.97 Å². The maximum absolute atomic E-state index is 11.6. The number of hydrogen-bond donors (Lipinski definition) is 2. The molecule has 1 saturated heterocycles. The summed E-state index contributed by atoms with van der Waals surface area (Å²) in [6.07, 6.45) is 2.20. The van der Waals surface area contributed by atoms with Crippen LogP contribution in [0.4, 0.5) is 0 Å². The first kappa shape index (κ1) is 14.3. The fourth-order valence-electron chi connectivity index (χ4n) is 1.67. The smallest absolute Gasteiger partial charge is 0.328 e. The van der Waals surface area contributed by atoms with E-state index in [0.717, 1.165) is 25.9 Å². The molecule has 0 saturated carbocycles. The van der Waals surface area contributed by atoms with E-state index < -0.39 is 12.0 Å². The zero-order chi connectivity index (χ0) is 12.7. The van der Waals surface area contributed by atoms with Crippen LogP contribution in [0.1, 0.15) is 19.8 Å². The van der Waals surface area contributed by atoms with Crippen molar-refractivity contribution in [3.05, 3.63) is 0 Å². The number of esters is 1. The summed E-state index contributed by atoms with van der Waals surface area (Å²) in [7, 11) is 1.31. The second-order valence-electron chi connectivity index (χ2n) is 4.07. The molecule has 1 atom stereocenters. The van der Waals surface area contributed by atoms with E-state index in [0.29, 0.717) is 11.0 Å². The topological polar surface area (TPSA) is 67.4 Å². The monoisotopic (exact) mass is 260 g/mol. The number of rotatable bonds is 5. The van der Waals surface area contributed by atoms with E-state index >= 15 is 0 Å². The molecule has 0 aromatic carbocycles. The van der Waals surface area contributed by atoms with Gasteiger partial charge < -0.3 is 15.4 Å². The fraction of sp³-hybridized carbons (Fsp3) is 0.818. The molecule has 0 unspecified atom stereocenters. The van der Waals surface area contributed by atoms with Crippen molar-refractivity contribution in [3.8, 4) is 0 Å². The van der Waals surface area contributed by atoms with Crippen LogP contribution in [0.5, 0.6) is 0 Å². The molecule has 1 rings (SSSR count). The van der Waals surface area contributed by atoms with Gasteiger partial charge in [-0.05, 0) is 32.9 Å². The van der Waals surface area contributed by atoms with Crippen molar-refractivity contribution in [2.24, 2.45) is 0 Å². The summed E-state index contributed by atoms with van der Waals surface area (Å²) in [5.74, 6) is -0.108. The van der Waals surface area contributed by atoms with Gasteiger partial charge in [0.1, 0.15) is 6.04 Å². The first-order chi connectivity index (χ1) is 8.13. The standard InChI is InChI=1S/C11H20N2O3S/c1-8(11(15)16-2)13-10(14)7-17-9-3-5-12-6-4-9/h8-9,12H,3-7H2,1-2H3,(H,13,14)/t8-/m0/s1. The van der Waals surface area contributed by atoms with Gasteiger partial charge in [0, 0.05) is 5.25 Å². The zero-order valence-corrected chi connectivity index (χ0v) is 11.1. The Morgan fingerprint density at radius 3 is 2.71 bits per heavy atom. The summed E-state index contributed by atoms with van der Waals surface area (Å²) in [5.41, 5.74) is 0. The summed E-state index contributed by atoms with van der Waals surface area (Å²) in [5, 5.41) is 6.45. The number of piperidine rings is 1. The predicted octanol–water partition coefficient (Wildman–Crippen LogP) is 0.149. The molecule has 1 fully saturated rings. The lowest BCUT2D eigenvalue weighted by Gasteiger charge is -2.22. The number of amides is 1. The maximum Gasteiger partial charge on any atom is 0.328 e. The van der Waals surface area contributed by atoms with Crippen LogP contribution in [0.15, 0.2) is 0 Å². The Bertz CT molecular complexity index is 267. The zero-order valence-electron chi connectivity index (χ0n) is 10.3. The van der Waals surface area contributed by atoms with Crippen LogP contribution >= 0.6 is 11.8 Å². The summed E-state index contributed by atoms with van der Waals surface area (Å²) in [6, 6.07) is -0.568. The number of hydrogen-bond acceptors (Lipinski definition) is 5. The van der Waals surface area contributed by atoms with Crippen molar-refractivity contribution < 1.29 is 14.3 Å². The lowest BCUT2D eigenvalue weighted by Crippen LogP contribution is -2.40. The molecule has 1 aliphatic rings. The van der Waals surface area contributed by atoms with Crippen LogP contribution in [0.2, 0.25) is 0 Å². The first-order valence-corrected chi connectivity index (χ1v) is 6.88. The number of thioether (sulfide) groups is 1. The van der Waals surface area contributed by atoms with Crippen molar-refractivity contribution in [1.82, 2.24) is 10.6 Å². The van der Waals surface area contributed by atoms with Gasteiger partial charge in [0.25, 0.3) is 0 Å². The molecule has 0 spiro atoms. The van der Waals surface area contributed by atoms with Crippen molar-refractivity contribution in [2.75, 3.05) is 26.0 Å². The Labute approximate surface area is 106 Å². The molecule has 0 aliphatic carbocycles. The third-order valence-electron chi connectivity index (χ3n) is 2.67. The van der Waals surface area contributed by atoms with Crippen LogP contribution in [0.3, 0.4) is 0 Å². The minimum absolute atomic E-state index is 0.105. The molecule has 0 aromatic heterocycles. The Hall–Kier alpha value is -0.750. The van der Waals surface area contributed by atoms with Gasteiger partial charge in [0.15, 0.2) is 0 Å². The average molecular weight is 260 g/mol. The molecule has 0 radical (unpaired) electrons. The Morgan fingerprint density at radius 2 is 2.12 bits per heavy atom. The fourth-order valence-corrected chi connectivity index (χ4v) is 2.71. The Balaban J connectivity index is 2.18. The number of carbonyl (C=O) groups is 2. The normalized spacial score (nSPS) is 18.5. The molecule has 5 nitrogen and oxygen atoms in total. The van der Waals surface area contributed by atoms with Crippen molar-refractivity contribution in [1.29, 1.82) is 0 Å². The first-order valence-electron chi connectivity index (χ1n) is 5.83. The van der Waals surface area contributed by atoms with Crippen molar-refractivity contribution in [2.45, 2.75) is 31.1 Å². The molecule has 6 heteroatoms. The minimum Gasteiger partial charge on any atom is -0.467 e. The maximum atomic E-state index is 11.6.